The van der Waals surface area contributed by atoms with E-state index < -0.39 is 10.8 Å². The van der Waals surface area contributed by atoms with Gasteiger partial charge in [-0.2, -0.15) is 0 Å². The quantitative estimate of drug-likeness (QED) is 0.330. The molecule has 0 aromatic heterocycles. The van der Waals surface area contributed by atoms with Gasteiger partial charge in [-0.3, -0.25) is 9.20 Å². The van der Waals surface area contributed by atoms with Gasteiger partial charge in [-0.15, -0.1) is 24.0 Å². The molecule has 0 aliphatic heterocycles. The lowest BCUT2D eigenvalue weighted by molar-refractivity contribution is 0.411. The van der Waals surface area contributed by atoms with Crippen LogP contribution in [0.15, 0.2) is 35.3 Å². The minimum Gasteiger partial charge on any atom is -0.356 e. The molecule has 4 unspecified atom stereocenters. The second kappa shape index (κ2) is 12.8. The average molecular weight is 506 g/mol. The number of rotatable bonds is 7. The van der Waals surface area contributed by atoms with Crippen molar-refractivity contribution in [1.82, 2.24) is 10.6 Å². The molecule has 0 radical (unpaired) electrons. The molecule has 0 saturated heterocycles. The molecule has 1 saturated carbocycles. The standard InChI is InChI=1S/C21H35N3OS.HI/c1-5-26(25)19-13-9-12-18(14-19)24-21(22-4)23-15-20(16(2)3)17-10-7-6-8-11-17;/h6-8,10-11,16,18-20H,5,9,12-15H2,1-4H3,(H2,22,23,24);1H. The summed E-state index contributed by atoms with van der Waals surface area (Å²) in [7, 11) is 1.13. The highest BCUT2D eigenvalue weighted by Gasteiger charge is 2.26. The molecule has 0 heterocycles. The van der Waals surface area contributed by atoms with Crippen molar-refractivity contribution < 1.29 is 4.21 Å². The predicted octanol–water partition coefficient (Wildman–Crippen LogP) is 4.29. The molecule has 1 aliphatic carbocycles. The molecule has 2 rings (SSSR count). The first kappa shape index (κ1) is 24.4. The van der Waals surface area contributed by atoms with Gasteiger partial charge < -0.3 is 10.6 Å². The Morgan fingerprint density at radius 2 is 1.96 bits per heavy atom. The third-order valence-corrected chi connectivity index (χ3v) is 7.11. The molecule has 1 aromatic rings. The molecule has 4 atom stereocenters. The molecule has 4 nitrogen and oxygen atoms in total. The summed E-state index contributed by atoms with van der Waals surface area (Å²) < 4.78 is 12.2. The minimum atomic E-state index is -0.693. The summed E-state index contributed by atoms with van der Waals surface area (Å²) >= 11 is 0. The van der Waals surface area contributed by atoms with Gasteiger partial charge in [-0.1, -0.05) is 57.5 Å². The van der Waals surface area contributed by atoms with Crippen LogP contribution in [0.2, 0.25) is 0 Å². The van der Waals surface area contributed by atoms with Crippen LogP contribution in [0.3, 0.4) is 0 Å². The van der Waals surface area contributed by atoms with Crippen LogP contribution in [0, 0.1) is 5.92 Å². The largest absolute Gasteiger partial charge is 0.356 e. The lowest BCUT2D eigenvalue weighted by Crippen LogP contribution is -2.47. The second-order valence-corrected chi connectivity index (χ2v) is 9.52. The monoisotopic (exact) mass is 505 g/mol. The van der Waals surface area contributed by atoms with Gasteiger partial charge in [0.15, 0.2) is 5.96 Å². The smallest absolute Gasteiger partial charge is 0.191 e. The first-order valence-electron chi connectivity index (χ1n) is 9.94. The van der Waals surface area contributed by atoms with Gasteiger partial charge in [-0.25, -0.2) is 0 Å². The highest BCUT2D eigenvalue weighted by molar-refractivity contribution is 14.0. The Balaban J connectivity index is 0.00000364. The summed E-state index contributed by atoms with van der Waals surface area (Å²) in [5, 5.41) is 7.41. The normalized spacial score (nSPS) is 22.6. The Hall–Kier alpha value is -0.630. The van der Waals surface area contributed by atoms with Crippen molar-refractivity contribution in [3.05, 3.63) is 35.9 Å². The van der Waals surface area contributed by atoms with Crippen LogP contribution in [-0.2, 0) is 10.8 Å². The van der Waals surface area contributed by atoms with E-state index in [0.29, 0.717) is 23.1 Å². The van der Waals surface area contributed by atoms with E-state index in [1.54, 1.807) is 0 Å². The Labute approximate surface area is 184 Å². The van der Waals surface area contributed by atoms with E-state index in [4.69, 9.17) is 0 Å². The van der Waals surface area contributed by atoms with E-state index in [9.17, 15) is 4.21 Å². The van der Waals surface area contributed by atoms with Gasteiger partial charge in [0, 0.05) is 47.4 Å². The fourth-order valence-electron chi connectivity index (χ4n) is 3.78. The number of hydrogen-bond donors (Lipinski definition) is 2. The maximum Gasteiger partial charge on any atom is 0.191 e. The van der Waals surface area contributed by atoms with Gasteiger partial charge in [0.1, 0.15) is 0 Å². The maximum atomic E-state index is 12.2. The molecule has 6 heteroatoms. The number of nitrogens with one attached hydrogen (secondary N) is 2. The zero-order chi connectivity index (χ0) is 18.9. The molecular weight excluding hydrogens is 469 g/mol. The summed E-state index contributed by atoms with van der Waals surface area (Å²) in [5.41, 5.74) is 1.36. The van der Waals surface area contributed by atoms with Gasteiger partial charge >= 0.3 is 0 Å². The molecule has 1 aliphatic rings. The molecule has 0 spiro atoms. The molecule has 2 N–H and O–H groups in total. The molecule has 1 fully saturated rings. The average Bonchev–Trinajstić information content (AvgIpc) is 2.67. The summed E-state index contributed by atoms with van der Waals surface area (Å²) in [6, 6.07) is 11.0. The number of benzene rings is 1. The lowest BCUT2D eigenvalue weighted by Gasteiger charge is -2.31. The zero-order valence-corrected chi connectivity index (χ0v) is 20.3. The number of hydrogen-bond acceptors (Lipinski definition) is 2. The van der Waals surface area contributed by atoms with Gasteiger partial charge in [0.25, 0.3) is 0 Å². The summed E-state index contributed by atoms with van der Waals surface area (Å²) in [6.45, 7) is 7.41. The van der Waals surface area contributed by atoms with E-state index in [-0.39, 0.29) is 24.0 Å². The highest BCUT2D eigenvalue weighted by atomic mass is 127. The first-order chi connectivity index (χ1) is 12.5. The predicted molar refractivity (Wildman–Crippen MR) is 129 cm³/mol. The third-order valence-electron chi connectivity index (χ3n) is 5.37. The Kier molecular flexibility index (Phi) is 11.5. The van der Waals surface area contributed by atoms with E-state index in [0.717, 1.165) is 43.9 Å². The van der Waals surface area contributed by atoms with Crippen LogP contribution < -0.4 is 10.6 Å². The SMILES string of the molecule is CCS(=O)C1CCCC(NC(=NC)NCC(c2ccccc2)C(C)C)C1.I. The third kappa shape index (κ3) is 7.72. The highest BCUT2D eigenvalue weighted by Crippen LogP contribution is 2.24. The summed E-state index contributed by atoms with van der Waals surface area (Å²) in [5.74, 6) is 2.62. The molecule has 27 heavy (non-hydrogen) atoms. The van der Waals surface area contributed by atoms with E-state index >= 15 is 0 Å². The maximum absolute atomic E-state index is 12.2. The number of aliphatic imine (C=N–C) groups is 1. The second-order valence-electron chi connectivity index (χ2n) is 7.51. The van der Waals surface area contributed by atoms with Crippen LogP contribution in [0.25, 0.3) is 0 Å². The summed E-state index contributed by atoms with van der Waals surface area (Å²) in [6.07, 6.45) is 4.34. The molecule has 1 aromatic carbocycles. The molecular formula is C21H36IN3OS. The Morgan fingerprint density at radius 1 is 1.26 bits per heavy atom. The van der Waals surface area contributed by atoms with Gasteiger partial charge in [0.05, 0.1) is 0 Å². The van der Waals surface area contributed by atoms with Crippen LogP contribution in [0.4, 0.5) is 0 Å². The zero-order valence-electron chi connectivity index (χ0n) is 17.1. The molecule has 0 bridgehead atoms. The summed E-state index contributed by atoms with van der Waals surface area (Å²) in [4.78, 5) is 4.42. The van der Waals surface area contributed by atoms with Crippen LogP contribution in [-0.4, -0.2) is 40.8 Å². The van der Waals surface area contributed by atoms with Crippen molar-refractivity contribution in [3.63, 3.8) is 0 Å². The van der Waals surface area contributed by atoms with E-state index in [2.05, 4.69) is 59.8 Å². The van der Waals surface area contributed by atoms with E-state index in [1.165, 1.54) is 5.56 Å². The van der Waals surface area contributed by atoms with E-state index in [1.807, 2.05) is 14.0 Å². The number of guanidine groups is 1. The van der Waals surface area contributed by atoms with Gasteiger partial charge in [0.2, 0.25) is 0 Å². The van der Waals surface area contributed by atoms with Crippen molar-refractivity contribution in [2.45, 2.75) is 63.7 Å². The Morgan fingerprint density at radius 3 is 2.56 bits per heavy atom. The number of halogens is 1. The van der Waals surface area contributed by atoms with Crippen molar-refractivity contribution in [2.75, 3.05) is 19.3 Å². The minimum absolute atomic E-state index is 0. The number of nitrogens with zero attached hydrogens (tertiary/aromatic N) is 1. The fourth-order valence-corrected chi connectivity index (χ4v) is 5.13. The fraction of sp³-hybridized carbons (Fsp3) is 0.667. The molecule has 0 amide bonds. The van der Waals surface area contributed by atoms with Crippen molar-refractivity contribution in [3.8, 4) is 0 Å². The Bertz CT molecular complexity index is 594. The van der Waals surface area contributed by atoms with Crippen molar-refractivity contribution in [2.24, 2.45) is 10.9 Å². The van der Waals surface area contributed by atoms with Crippen LogP contribution in [0.1, 0.15) is 57.9 Å². The van der Waals surface area contributed by atoms with Crippen molar-refractivity contribution >= 4 is 40.7 Å². The van der Waals surface area contributed by atoms with Gasteiger partial charge in [-0.05, 0) is 30.7 Å². The van der Waals surface area contributed by atoms with Crippen LogP contribution in [0.5, 0.6) is 0 Å². The topological polar surface area (TPSA) is 53.5 Å². The van der Waals surface area contributed by atoms with Crippen molar-refractivity contribution in [1.29, 1.82) is 0 Å². The first-order valence-corrected chi connectivity index (χ1v) is 11.3. The lowest BCUT2D eigenvalue weighted by atomic mass is 9.88. The molecule has 154 valence electrons. The van der Waals surface area contributed by atoms with Crippen LogP contribution >= 0.6 is 24.0 Å².